The van der Waals surface area contributed by atoms with Gasteiger partial charge in [-0.25, -0.2) is 4.79 Å². The summed E-state index contributed by atoms with van der Waals surface area (Å²) in [6.07, 6.45) is 0.744. The van der Waals surface area contributed by atoms with Gasteiger partial charge in [-0.2, -0.15) is 0 Å². The lowest BCUT2D eigenvalue weighted by atomic mass is 9.97. The first-order chi connectivity index (χ1) is 10.3. The van der Waals surface area contributed by atoms with Crippen LogP contribution in [0.3, 0.4) is 0 Å². The highest BCUT2D eigenvalue weighted by molar-refractivity contribution is 7.10. The number of hydrogen-bond acceptors (Lipinski definition) is 4. The molecular formula is C16H25ClN2O2S. The highest BCUT2D eigenvalue weighted by Crippen LogP contribution is 2.37. The van der Waals surface area contributed by atoms with E-state index in [9.17, 15) is 4.79 Å². The molecule has 0 spiro atoms. The number of nitrogens with one attached hydrogen (secondary N) is 1. The van der Waals surface area contributed by atoms with Crippen LogP contribution in [0.1, 0.15) is 45.0 Å². The Hall–Kier alpha value is -0.780. The van der Waals surface area contributed by atoms with Crippen molar-refractivity contribution in [1.29, 1.82) is 0 Å². The average Bonchev–Trinajstić information content (AvgIpc) is 3.03. The molecule has 1 aliphatic heterocycles. The molecule has 0 aliphatic carbocycles. The number of thiophene rings is 1. The maximum atomic E-state index is 12.2. The van der Waals surface area contributed by atoms with Crippen molar-refractivity contribution in [2.45, 2.75) is 45.8 Å². The van der Waals surface area contributed by atoms with Crippen LogP contribution in [0.5, 0.6) is 0 Å². The zero-order chi connectivity index (χ0) is 16.3. The summed E-state index contributed by atoms with van der Waals surface area (Å²) in [6.45, 7) is 10.1. The summed E-state index contributed by atoms with van der Waals surface area (Å²) in [7, 11) is 0. The fourth-order valence-corrected chi connectivity index (χ4v) is 4.12. The molecule has 1 amide bonds. The van der Waals surface area contributed by atoms with Gasteiger partial charge in [0.2, 0.25) is 0 Å². The normalized spacial score (nSPS) is 20.2. The van der Waals surface area contributed by atoms with Crippen LogP contribution in [0.15, 0.2) is 11.4 Å². The Morgan fingerprint density at radius 3 is 2.86 bits per heavy atom. The number of halogens is 1. The SMILES string of the molecule is CCNC(c1sccc1Cl)C1CCN(C(=O)OC(C)(C)C)C1. The summed E-state index contributed by atoms with van der Waals surface area (Å²) in [6, 6.07) is 2.14. The number of likely N-dealkylation sites (tertiary alicyclic amines) is 1. The van der Waals surface area contributed by atoms with Crippen LogP contribution in [-0.2, 0) is 4.74 Å². The highest BCUT2D eigenvalue weighted by Gasteiger charge is 2.35. The lowest BCUT2D eigenvalue weighted by Crippen LogP contribution is -2.36. The smallest absolute Gasteiger partial charge is 0.410 e. The van der Waals surface area contributed by atoms with Crippen LogP contribution in [-0.4, -0.2) is 36.2 Å². The predicted molar refractivity (Wildman–Crippen MR) is 91.7 cm³/mol. The molecule has 6 heteroatoms. The number of carbonyl (C=O) groups excluding carboxylic acids is 1. The third-order valence-corrected chi connectivity index (χ3v) is 5.14. The standard InChI is InChI=1S/C16H25ClN2O2S/c1-5-18-13(14-12(17)7-9-22-14)11-6-8-19(10-11)15(20)21-16(2,3)4/h7,9,11,13,18H,5-6,8,10H2,1-4H3. The van der Waals surface area contributed by atoms with E-state index in [2.05, 4.69) is 12.2 Å². The molecule has 2 rings (SSSR count). The molecule has 1 saturated heterocycles. The molecule has 4 nitrogen and oxygen atoms in total. The molecular weight excluding hydrogens is 320 g/mol. The van der Waals surface area contributed by atoms with Crippen LogP contribution in [0.4, 0.5) is 4.79 Å². The van der Waals surface area contributed by atoms with Gasteiger partial charge in [-0.1, -0.05) is 18.5 Å². The largest absolute Gasteiger partial charge is 0.444 e. The van der Waals surface area contributed by atoms with Crippen molar-refractivity contribution in [2.75, 3.05) is 19.6 Å². The van der Waals surface area contributed by atoms with E-state index < -0.39 is 5.60 Å². The molecule has 0 bridgehead atoms. The van der Waals surface area contributed by atoms with Crippen LogP contribution in [0.2, 0.25) is 5.02 Å². The van der Waals surface area contributed by atoms with Gasteiger partial charge < -0.3 is 15.0 Å². The fraction of sp³-hybridized carbons (Fsp3) is 0.688. The van der Waals surface area contributed by atoms with Gasteiger partial charge in [-0.3, -0.25) is 0 Å². The average molecular weight is 345 g/mol. The minimum atomic E-state index is -0.451. The zero-order valence-corrected chi connectivity index (χ0v) is 15.3. The number of hydrogen-bond donors (Lipinski definition) is 1. The maximum Gasteiger partial charge on any atom is 0.410 e. The molecule has 2 unspecified atom stereocenters. The predicted octanol–water partition coefficient (Wildman–Crippen LogP) is 4.31. The number of ether oxygens (including phenoxy) is 1. The molecule has 1 aromatic rings. The van der Waals surface area contributed by atoms with Gasteiger partial charge in [0.25, 0.3) is 0 Å². The Bertz CT molecular complexity index is 512. The van der Waals surface area contributed by atoms with E-state index in [1.807, 2.05) is 37.1 Å². The van der Waals surface area contributed by atoms with E-state index in [4.69, 9.17) is 16.3 Å². The Morgan fingerprint density at radius 2 is 2.32 bits per heavy atom. The van der Waals surface area contributed by atoms with Gasteiger partial charge in [0.05, 0.1) is 5.02 Å². The summed E-state index contributed by atoms with van der Waals surface area (Å²) in [4.78, 5) is 15.2. The molecule has 0 aromatic carbocycles. The lowest BCUT2D eigenvalue weighted by molar-refractivity contribution is 0.0285. The second-order valence-corrected chi connectivity index (χ2v) is 8.00. The molecule has 1 aromatic heterocycles. The quantitative estimate of drug-likeness (QED) is 0.884. The van der Waals surface area contributed by atoms with Crippen molar-refractivity contribution in [2.24, 2.45) is 5.92 Å². The third-order valence-electron chi connectivity index (χ3n) is 3.70. The van der Waals surface area contributed by atoms with Gasteiger partial charge in [0, 0.05) is 24.0 Å². The molecule has 2 atom stereocenters. The van der Waals surface area contributed by atoms with Crippen LogP contribution < -0.4 is 5.32 Å². The first kappa shape index (κ1) is 17.6. The monoisotopic (exact) mass is 344 g/mol. The summed E-state index contributed by atoms with van der Waals surface area (Å²) < 4.78 is 5.47. The van der Waals surface area contributed by atoms with E-state index >= 15 is 0 Å². The minimum absolute atomic E-state index is 0.199. The van der Waals surface area contributed by atoms with Crippen molar-refractivity contribution in [3.8, 4) is 0 Å². The van der Waals surface area contributed by atoms with E-state index in [0.717, 1.165) is 24.5 Å². The number of amides is 1. The lowest BCUT2D eigenvalue weighted by Gasteiger charge is -2.26. The zero-order valence-electron chi connectivity index (χ0n) is 13.7. The van der Waals surface area contributed by atoms with E-state index in [-0.39, 0.29) is 12.1 Å². The van der Waals surface area contributed by atoms with Gasteiger partial charge in [0.15, 0.2) is 0 Å². The molecule has 1 N–H and O–H groups in total. The summed E-state index contributed by atoms with van der Waals surface area (Å²) in [5, 5.41) is 6.35. The number of carbonyl (C=O) groups is 1. The van der Waals surface area contributed by atoms with E-state index in [1.165, 1.54) is 4.88 Å². The first-order valence-electron chi connectivity index (χ1n) is 7.76. The molecule has 22 heavy (non-hydrogen) atoms. The molecule has 0 saturated carbocycles. The van der Waals surface area contributed by atoms with Gasteiger partial charge in [0.1, 0.15) is 5.60 Å². The Morgan fingerprint density at radius 1 is 1.59 bits per heavy atom. The van der Waals surface area contributed by atoms with Gasteiger partial charge in [-0.15, -0.1) is 11.3 Å². The second kappa shape index (κ2) is 7.20. The molecule has 124 valence electrons. The van der Waals surface area contributed by atoms with Crippen LogP contribution in [0.25, 0.3) is 0 Å². The molecule has 2 heterocycles. The highest BCUT2D eigenvalue weighted by atomic mass is 35.5. The van der Waals surface area contributed by atoms with Gasteiger partial charge in [-0.05, 0) is 51.1 Å². The van der Waals surface area contributed by atoms with Crippen LogP contribution in [0, 0.1) is 5.92 Å². The third kappa shape index (κ3) is 4.37. The molecule has 0 radical (unpaired) electrons. The summed E-state index contributed by atoms with van der Waals surface area (Å²) in [5.74, 6) is 0.364. The Kier molecular flexibility index (Phi) is 5.75. The number of nitrogens with zero attached hydrogens (tertiary/aromatic N) is 1. The van der Waals surface area contributed by atoms with Crippen molar-refractivity contribution >= 4 is 29.0 Å². The summed E-state index contributed by atoms with van der Waals surface area (Å²) >= 11 is 7.97. The molecule has 1 fully saturated rings. The number of rotatable bonds is 4. The van der Waals surface area contributed by atoms with E-state index in [0.29, 0.717) is 12.5 Å². The second-order valence-electron chi connectivity index (χ2n) is 6.64. The Balaban J connectivity index is 2.04. The van der Waals surface area contributed by atoms with Crippen LogP contribution >= 0.6 is 22.9 Å². The topological polar surface area (TPSA) is 41.6 Å². The van der Waals surface area contributed by atoms with Crippen molar-refractivity contribution < 1.29 is 9.53 Å². The Labute approximate surface area is 141 Å². The van der Waals surface area contributed by atoms with Crippen molar-refractivity contribution in [3.05, 3.63) is 21.3 Å². The van der Waals surface area contributed by atoms with Gasteiger partial charge >= 0.3 is 6.09 Å². The summed E-state index contributed by atoms with van der Waals surface area (Å²) in [5.41, 5.74) is -0.451. The minimum Gasteiger partial charge on any atom is -0.444 e. The maximum absolute atomic E-state index is 12.2. The van der Waals surface area contributed by atoms with Crippen molar-refractivity contribution in [1.82, 2.24) is 10.2 Å². The molecule has 1 aliphatic rings. The fourth-order valence-electron chi connectivity index (χ4n) is 2.77. The first-order valence-corrected chi connectivity index (χ1v) is 9.01. The van der Waals surface area contributed by atoms with E-state index in [1.54, 1.807) is 11.3 Å². The van der Waals surface area contributed by atoms with Crippen molar-refractivity contribution in [3.63, 3.8) is 0 Å².